The first kappa shape index (κ1) is 25.6. The van der Waals surface area contributed by atoms with E-state index in [0.717, 1.165) is 0 Å². The molecule has 0 saturated heterocycles. The molecule has 0 aromatic carbocycles. The zero-order valence-electron chi connectivity index (χ0n) is 13.0. The molecule has 14 heteroatoms. The zero-order chi connectivity index (χ0) is 21.9. The molecule has 0 heterocycles. The van der Waals surface area contributed by atoms with Gasteiger partial charge < -0.3 is 9.47 Å². The van der Waals surface area contributed by atoms with Crippen LogP contribution in [0.3, 0.4) is 0 Å². The van der Waals surface area contributed by atoms with Crippen molar-refractivity contribution in [2.75, 3.05) is 6.79 Å². The average Bonchev–Trinajstić information content (AvgIpc) is 2.39. The number of hydrogen-bond acceptors (Lipinski definition) is 2. The molecule has 0 spiro atoms. The fraction of sp³-hybridized carbons (Fsp3) is 0.692. The van der Waals surface area contributed by atoms with E-state index in [0.29, 0.717) is 0 Å². The number of hydrogen-bond donors (Lipinski definition) is 0. The van der Waals surface area contributed by atoms with Gasteiger partial charge in [-0.05, 0) is 0 Å². The summed E-state index contributed by atoms with van der Waals surface area (Å²) in [6, 6.07) is 0. The predicted molar refractivity (Wildman–Crippen MR) is 66.3 cm³/mol. The highest BCUT2D eigenvalue weighted by Crippen LogP contribution is 2.51. The molecule has 0 atom stereocenters. The van der Waals surface area contributed by atoms with E-state index in [9.17, 15) is 52.7 Å². The highest BCUT2D eigenvalue weighted by atomic mass is 19.4. The van der Waals surface area contributed by atoms with Gasteiger partial charge in [-0.15, -0.1) is 13.2 Å². The Labute approximate surface area is 144 Å². The van der Waals surface area contributed by atoms with Crippen LogP contribution >= 0.6 is 0 Å². The number of halogens is 12. The van der Waals surface area contributed by atoms with Gasteiger partial charge in [-0.1, -0.05) is 12.2 Å². The molecule has 0 bridgehead atoms. The fourth-order valence-electron chi connectivity index (χ4n) is 1.87. The van der Waals surface area contributed by atoms with Crippen molar-refractivity contribution in [3.05, 3.63) is 25.3 Å². The highest BCUT2D eigenvalue weighted by molar-refractivity contribution is 5.02. The van der Waals surface area contributed by atoms with Crippen molar-refractivity contribution in [3.8, 4) is 0 Å². The monoisotopic (exact) mass is 428 g/mol. The van der Waals surface area contributed by atoms with Crippen molar-refractivity contribution < 1.29 is 62.2 Å². The zero-order valence-corrected chi connectivity index (χ0v) is 13.0. The molecule has 0 N–H and O–H groups in total. The van der Waals surface area contributed by atoms with Crippen LogP contribution in [0.15, 0.2) is 25.3 Å². The van der Waals surface area contributed by atoms with Crippen molar-refractivity contribution in [2.24, 2.45) is 0 Å². The Morgan fingerprint density at radius 3 is 0.889 bits per heavy atom. The topological polar surface area (TPSA) is 18.5 Å². The third-order valence-electron chi connectivity index (χ3n) is 3.31. The Morgan fingerprint density at radius 1 is 0.519 bits per heavy atom. The van der Waals surface area contributed by atoms with Gasteiger partial charge in [0.25, 0.3) is 11.2 Å². The van der Waals surface area contributed by atoms with Gasteiger partial charge in [-0.2, -0.15) is 52.7 Å². The molecular weight excluding hydrogens is 416 g/mol. The summed E-state index contributed by atoms with van der Waals surface area (Å²) < 4.78 is 161. The highest BCUT2D eigenvalue weighted by Gasteiger charge is 2.74. The quantitative estimate of drug-likeness (QED) is 0.274. The molecule has 0 aromatic rings. The Hall–Kier alpha value is -1.44. The molecule has 0 amide bonds. The minimum Gasteiger partial charge on any atom is -0.331 e. The van der Waals surface area contributed by atoms with E-state index < -0.39 is 55.5 Å². The smallest absolute Gasteiger partial charge is 0.331 e. The normalized spacial score (nSPS) is 15.0. The molecule has 0 rings (SSSR count). The van der Waals surface area contributed by atoms with Crippen LogP contribution in [0, 0.1) is 0 Å². The lowest BCUT2D eigenvalue weighted by Gasteiger charge is -2.39. The summed E-state index contributed by atoms with van der Waals surface area (Å²) in [6.45, 7) is 2.66. The van der Waals surface area contributed by atoms with Crippen molar-refractivity contribution in [1.82, 2.24) is 0 Å². The van der Waals surface area contributed by atoms with Crippen molar-refractivity contribution in [3.63, 3.8) is 0 Å². The predicted octanol–water partition coefficient (Wildman–Crippen LogP) is 5.86. The molecule has 0 unspecified atom stereocenters. The lowest BCUT2D eigenvalue weighted by Crippen LogP contribution is -2.61. The number of alkyl halides is 12. The summed E-state index contributed by atoms with van der Waals surface area (Å²) in [5, 5.41) is 0. The summed E-state index contributed by atoms with van der Waals surface area (Å²) in [6.07, 6.45) is -28.9. The van der Waals surface area contributed by atoms with Crippen LogP contribution in [-0.2, 0) is 9.47 Å². The Kier molecular flexibility index (Phi) is 7.47. The SMILES string of the molecule is C=CCC(OCOC(CC=C)(C(F)(F)F)C(F)(F)F)(C(F)(F)F)C(F)(F)F. The molecule has 27 heavy (non-hydrogen) atoms. The van der Waals surface area contributed by atoms with Crippen LogP contribution in [0.25, 0.3) is 0 Å². The largest absolute Gasteiger partial charge is 0.426 e. The van der Waals surface area contributed by atoms with Crippen molar-refractivity contribution in [1.29, 1.82) is 0 Å². The van der Waals surface area contributed by atoms with Gasteiger partial charge >= 0.3 is 24.7 Å². The third-order valence-corrected chi connectivity index (χ3v) is 3.31. The fourth-order valence-corrected chi connectivity index (χ4v) is 1.87. The standard InChI is InChI=1S/C13H12F12O2/c1-3-5-8(10(14,15)16,11(17,18)19)26-7-27-9(6-4-2,12(20,21)22)13(23,24)25/h3-4H,1-2,5-7H2. The first-order valence-electron chi connectivity index (χ1n) is 6.59. The van der Waals surface area contributed by atoms with Crippen LogP contribution in [0.4, 0.5) is 52.7 Å². The number of ether oxygens (including phenoxy) is 2. The molecule has 0 aliphatic carbocycles. The molecule has 0 aliphatic rings. The molecule has 0 aliphatic heterocycles. The number of rotatable bonds is 8. The van der Waals surface area contributed by atoms with Gasteiger partial charge in [-0.3, -0.25) is 0 Å². The first-order chi connectivity index (χ1) is 11.8. The second-order valence-electron chi connectivity index (χ2n) is 5.04. The van der Waals surface area contributed by atoms with Crippen molar-refractivity contribution in [2.45, 2.75) is 48.7 Å². The van der Waals surface area contributed by atoms with E-state index in [-0.39, 0.29) is 12.2 Å². The van der Waals surface area contributed by atoms with Gasteiger partial charge in [0.1, 0.15) is 6.79 Å². The molecule has 0 saturated carbocycles. The molecule has 2 nitrogen and oxygen atoms in total. The van der Waals surface area contributed by atoms with Gasteiger partial charge in [0.2, 0.25) is 0 Å². The first-order valence-corrected chi connectivity index (χ1v) is 6.59. The second-order valence-corrected chi connectivity index (χ2v) is 5.04. The van der Waals surface area contributed by atoms with E-state index in [1.807, 2.05) is 0 Å². The van der Waals surface area contributed by atoms with Crippen molar-refractivity contribution >= 4 is 0 Å². The molecule has 160 valence electrons. The Bertz CT molecular complexity index is 437. The molecule has 0 radical (unpaired) electrons. The van der Waals surface area contributed by atoms with E-state index in [2.05, 4.69) is 22.6 Å². The van der Waals surface area contributed by atoms with Gasteiger partial charge in [0, 0.05) is 12.8 Å². The van der Waals surface area contributed by atoms with E-state index in [1.54, 1.807) is 0 Å². The molecule has 0 aromatic heterocycles. The van der Waals surface area contributed by atoms with Gasteiger partial charge in [-0.25, -0.2) is 0 Å². The van der Waals surface area contributed by atoms with Crippen LogP contribution in [0.1, 0.15) is 12.8 Å². The summed E-state index contributed by atoms with van der Waals surface area (Å²) in [5.41, 5.74) is -10.2. The summed E-state index contributed by atoms with van der Waals surface area (Å²) >= 11 is 0. The van der Waals surface area contributed by atoms with E-state index >= 15 is 0 Å². The summed E-state index contributed by atoms with van der Waals surface area (Å²) in [4.78, 5) is 0. The minimum atomic E-state index is -6.25. The maximum absolute atomic E-state index is 12.9. The lowest BCUT2D eigenvalue weighted by atomic mass is 9.97. The van der Waals surface area contributed by atoms with Gasteiger partial charge in [0.05, 0.1) is 0 Å². The van der Waals surface area contributed by atoms with Gasteiger partial charge in [0.15, 0.2) is 0 Å². The van der Waals surface area contributed by atoms with E-state index in [1.165, 1.54) is 0 Å². The van der Waals surface area contributed by atoms with E-state index in [4.69, 9.17) is 0 Å². The van der Waals surface area contributed by atoms with Crippen LogP contribution in [0.2, 0.25) is 0 Å². The average molecular weight is 428 g/mol. The van der Waals surface area contributed by atoms with Crippen LogP contribution in [-0.4, -0.2) is 42.7 Å². The molecular formula is C13H12F12O2. The maximum atomic E-state index is 12.9. The summed E-state index contributed by atoms with van der Waals surface area (Å²) in [7, 11) is 0. The maximum Gasteiger partial charge on any atom is 0.426 e. The summed E-state index contributed by atoms with van der Waals surface area (Å²) in [5.74, 6) is 0. The Morgan fingerprint density at radius 2 is 0.741 bits per heavy atom. The second kappa shape index (κ2) is 7.89. The lowest BCUT2D eigenvalue weighted by molar-refractivity contribution is -0.427. The third kappa shape index (κ3) is 4.89. The molecule has 0 fully saturated rings. The van der Waals surface area contributed by atoms with Crippen LogP contribution < -0.4 is 0 Å². The Balaban J connectivity index is 5.97. The van der Waals surface area contributed by atoms with Crippen LogP contribution in [0.5, 0.6) is 0 Å². The minimum absolute atomic E-state index is 0.0888.